The van der Waals surface area contributed by atoms with Crippen LogP contribution in [0, 0.1) is 5.92 Å². The van der Waals surface area contributed by atoms with Gasteiger partial charge in [-0.15, -0.1) is 0 Å². The maximum Gasteiger partial charge on any atom is 0.416 e. The van der Waals surface area contributed by atoms with Gasteiger partial charge in [0.05, 0.1) is 5.56 Å². The van der Waals surface area contributed by atoms with Crippen molar-refractivity contribution in [3.63, 3.8) is 0 Å². The van der Waals surface area contributed by atoms with Crippen molar-refractivity contribution in [1.29, 1.82) is 0 Å². The molecule has 0 aliphatic heterocycles. The zero-order valence-electron chi connectivity index (χ0n) is 16.9. The van der Waals surface area contributed by atoms with Crippen LogP contribution >= 0.6 is 11.5 Å². The van der Waals surface area contributed by atoms with Crippen LogP contribution in [0.4, 0.5) is 18.3 Å². The number of halogens is 3. The van der Waals surface area contributed by atoms with E-state index in [0.29, 0.717) is 18.8 Å². The Kier molecular flexibility index (Phi) is 6.87. The van der Waals surface area contributed by atoms with Gasteiger partial charge in [-0.3, -0.25) is 4.98 Å². The van der Waals surface area contributed by atoms with Gasteiger partial charge >= 0.3 is 6.18 Å². The van der Waals surface area contributed by atoms with Crippen LogP contribution in [0.2, 0.25) is 0 Å². The highest BCUT2D eigenvalue weighted by Gasteiger charge is 2.29. The predicted molar refractivity (Wildman–Crippen MR) is 118 cm³/mol. The minimum Gasteiger partial charge on any atom is -0.360 e. The first-order valence-electron chi connectivity index (χ1n) is 9.46. The Morgan fingerprint density at radius 1 is 1.03 bits per heavy atom. The van der Waals surface area contributed by atoms with Gasteiger partial charge in [-0.05, 0) is 47.6 Å². The minimum absolute atomic E-state index is 0. The third kappa shape index (κ3) is 5.56. The summed E-state index contributed by atoms with van der Waals surface area (Å²) in [4.78, 5) is 8.68. The first-order valence-corrected chi connectivity index (χ1v) is 10.2. The van der Waals surface area contributed by atoms with Gasteiger partial charge in [-0.1, -0.05) is 31.2 Å². The molecule has 9 heteroatoms. The minimum atomic E-state index is -4.30. The van der Waals surface area contributed by atoms with Crippen LogP contribution in [0.25, 0.3) is 22.2 Å². The topological polar surface area (TPSA) is 85.7 Å². The quantitative estimate of drug-likeness (QED) is 0.368. The zero-order valence-corrected chi connectivity index (χ0v) is 17.7. The highest BCUT2D eigenvalue weighted by atomic mass is 32.1. The summed E-state index contributed by atoms with van der Waals surface area (Å²) in [6, 6.07) is 13.3. The normalized spacial score (nSPS) is 12.4. The van der Waals surface area contributed by atoms with E-state index in [-0.39, 0.29) is 12.1 Å². The third-order valence-electron chi connectivity index (χ3n) is 4.79. The summed E-state index contributed by atoms with van der Waals surface area (Å²) in [6.07, 6.45) is -0.0526. The molecule has 162 valence electrons. The van der Waals surface area contributed by atoms with Gasteiger partial charge in [0.1, 0.15) is 0 Å². The van der Waals surface area contributed by atoms with Gasteiger partial charge in [0.2, 0.25) is 5.13 Å². The van der Waals surface area contributed by atoms with Gasteiger partial charge in [0, 0.05) is 41.4 Å². The molecule has 2 heterocycles. The SMILES string of the molecule is C[C@H](CNc1nc(-c2ccc3cnccc3c2)ns1)Cc1ccc(C(F)(F)F)cc1.N. The van der Waals surface area contributed by atoms with Crippen LogP contribution in [-0.2, 0) is 12.6 Å². The zero-order chi connectivity index (χ0) is 21.1. The number of benzene rings is 2. The monoisotopic (exact) mass is 445 g/mol. The van der Waals surface area contributed by atoms with Crippen LogP contribution in [0.1, 0.15) is 18.1 Å². The first kappa shape index (κ1) is 22.6. The van der Waals surface area contributed by atoms with Crippen LogP contribution in [0.15, 0.2) is 60.9 Å². The number of nitrogens with zero attached hydrogens (tertiary/aromatic N) is 3. The Balaban J connectivity index is 0.00000272. The highest BCUT2D eigenvalue weighted by molar-refractivity contribution is 7.09. The van der Waals surface area contributed by atoms with Crippen molar-refractivity contribution >= 4 is 27.4 Å². The molecule has 31 heavy (non-hydrogen) atoms. The van der Waals surface area contributed by atoms with Gasteiger partial charge < -0.3 is 11.5 Å². The lowest BCUT2D eigenvalue weighted by Crippen LogP contribution is -2.13. The van der Waals surface area contributed by atoms with Crippen molar-refractivity contribution < 1.29 is 13.2 Å². The van der Waals surface area contributed by atoms with E-state index < -0.39 is 11.7 Å². The van der Waals surface area contributed by atoms with Crippen molar-refractivity contribution in [1.82, 2.24) is 20.5 Å². The second kappa shape index (κ2) is 9.40. The first-order chi connectivity index (χ1) is 14.4. The number of fused-ring (bicyclic) bond motifs is 1. The molecule has 0 saturated heterocycles. The number of nitrogens with one attached hydrogen (secondary N) is 1. The molecule has 0 bridgehead atoms. The summed E-state index contributed by atoms with van der Waals surface area (Å²) in [7, 11) is 0. The Morgan fingerprint density at radius 2 is 1.81 bits per heavy atom. The summed E-state index contributed by atoms with van der Waals surface area (Å²) >= 11 is 1.29. The second-order valence-corrected chi connectivity index (χ2v) is 8.00. The average Bonchev–Trinajstić information content (AvgIpc) is 3.21. The molecular weight excluding hydrogens is 423 g/mol. The molecule has 0 unspecified atom stereocenters. The van der Waals surface area contributed by atoms with E-state index in [0.717, 1.165) is 39.2 Å². The fourth-order valence-corrected chi connectivity index (χ4v) is 3.80. The van der Waals surface area contributed by atoms with Crippen LogP contribution in [0.3, 0.4) is 0 Å². The predicted octanol–water partition coefficient (Wildman–Crippen LogP) is 6.22. The third-order valence-corrected chi connectivity index (χ3v) is 5.46. The van der Waals surface area contributed by atoms with Crippen molar-refractivity contribution in [3.8, 4) is 11.4 Å². The van der Waals surface area contributed by atoms with Crippen molar-refractivity contribution in [3.05, 3.63) is 72.1 Å². The van der Waals surface area contributed by atoms with Gasteiger partial charge in [0.15, 0.2) is 5.82 Å². The molecule has 2 aromatic heterocycles. The molecule has 0 aliphatic carbocycles. The molecule has 0 radical (unpaired) electrons. The molecule has 5 nitrogen and oxygen atoms in total. The molecule has 1 atom stereocenters. The smallest absolute Gasteiger partial charge is 0.360 e. The van der Waals surface area contributed by atoms with E-state index in [1.807, 2.05) is 37.4 Å². The van der Waals surface area contributed by atoms with Crippen LogP contribution in [-0.4, -0.2) is 20.9 Å². The largest absolute Gasteiger partial charge is 0.416 e. The molecular formula is C22H22F3N5S. The van der Waals surface area contributed by atoms with Crippen molar-refractivity contribution in [2.75, 3.05) is 11.9 Å². The number of rotatable bonds is 6. The Bertz CT molecular complexity index is 1140. The summed E-state index contributed by atoms with van der Waals surface area (Å²) < 4.78 is 42.4. The van der Waals surface area contributed by atoms with Gasteiger partial charge in [0.25, 0.3) is 0 Å². The lowest BCUT2D eigenvalue weighted by molar-refractivity contribution is -0.137. The molecule has 0 saturated carbocycles. The molecule has 4 rings (SSSR count). The van der Waals surface area contributed by atoms with Crippen molar-refractivity contribution in [2.45, 2.75) is 19.5 Å². The van der Waals surface area contributed by atoms with Gasteiger partial charge in [-0.2, -0.15) is 22.5 Å². The van der Waals surface area contributed by atoms with Crippen LogP contribution in [0.5, 0.6) is 0 Å². The van der Waals surface area contributed by atoms with E-state index >= 15 is 0 Å². The fourth-order valence-electron chi connectivity index (χ4n) is 3.20. The molecule has 2 aromatic carbocycles. The number of alkyl halides is 3. The number of pyridine rings is 1. The molecule has 0 aliphatic rings. The Morgan fingerprint density at radius 3 is 2.55 bits per heavy atom. The molecule has 4 N–H and O–H groups in total. The summed E-state index contributed by atoms with van der Waals surface area (Å²) in [6.45, 7) is 2.70. The highest BCUT2D eigenvalue weighted by Crippen LogP contribution is 2.29. The van der Waals surface area contributed by atoms with Crippen molar-refractivity contribution in [2.24, 2.45) is 5.92 Å². The number of aromatic nitrogens is 3. The van der Waals surface area contributed by atoms with Gasteiger partial charge in [-0.25, -0.2) is 0 Å². The number of anilines is 1. The maximum absolute atomic E-state index is 12.7. The molecule has 4 aromatic rings. The fraction of sp³-hybridized carbons (Fsp3) is 0.227. The maximum atomic E-state index is 12.7. The van der Waals surface area contributed by atoms with E-state index in [4.69, 9.17) is 0 Å². The van der Waals surface area contributed by atoms with Crippen LogP contribution < -0.4 is 11.5 Å². The second-order valence-electron chi connectivity index (χ2n) is 7.25. The standard InChI is InChI=1S/C22H19F3N4S.H3N/c1-14(10-15-2-6-19(7-3-15)22(23,24)25)12-27-21-28-20(29-30-21)17-4-5-18-13-26-9-8-16(18)11-17;/h2-9,11,13-14H,10,12H2,1H3,(H,27,28,29);1H3/t14-;/m0./s1. The number of hydrogen-bond donors (Lipinski definition) is 2. The summed E-state index contributed by atoms with van der Waals surface area (Å²) in [5.41, 5.74) is 1.19. The van der Waals surface area contributed by atoms with E-state index in [1.165, 1.54) is 23.7 Å². The Hall–Kier alpha value is -3.04. The summed E-state index contributed by atoms with van der Waals surface area (Å²) in [5.74, 6) is 0.888. The molecule has 0 spiro atoms. The summed E-state index contributed by atoms with van der Waals surface area (Å²) in [5, 5.41) is 6.15. The lowest BCUT2D eigenvalue weighted by atomic mass is 10.00. The molecule has 0 fully saturated rings. The average molecular weight is 446 g/mol. The molecule has 0 amide bonds. The van der Waals surface area contributed by atoms with E-state index in [1.54, 1.807) is 6.20 Å². The lowest BCUT2D eigenvalue weighted by Gasteiger charge is -2.13. The Labute approximate surface area is 182 Å². The van der Waals surface area contributed by atoms with E-state index in [2.05, 4.69) is 19.7 Å². The van der Waals surface area contributed by atoms with E-state index in [9.17, 15) is 13.2 Å². The number of hydrogen-bond acceptors (Lipinski definition) is 6.